The van der Waals surface area contributed by atoms with E-state index in [2.05, 4.69) is 48.5 Å². The lowest BCUT2D eigenvalue weighted by Crippen LogP contribution is -2.56. The van der Waals surface area contributed by atoms with Gasteiger partial charge >= 0.3 is 6.09 Å². The number of benzene rings is 3. The number of carbonyl (C=O) groups excluding carboxylic acids is 1. The zero-order valence-electron chi connectivity index (χ0n) is 21.1. The molecule has 37 heavy (non-hydrogen) atoms. The summed E-state index contributed by atoms with van der Waals surface area (Å²) < 4.78 is 22.9. The van der Waals surface area contributed by atoms with Crippen molar-refractivity contribution in [1.29, 1.82) is 0 Å². The summed E-state index contributed by atoms with van der Waals surface area (Å²) in [6.07, 6.45) is 2.08. The lowest BCUT2D eigenvalue weighted by Gasteiger charge is -2.44. The summed E-state index contributed by atoms with van der Waals surface area (Å²) in [4.78, 5) is 15.3. The number of amides is 1. The van der Waals surface area contributed by atoms with E-state index in [1.165, 1.54) is 27.8 Å². The van der Waals surface area contributed by atoms with E-state index in [1.54, 1.807) is 14.2 Å². The highest BCUT2D eigenvalue weighted by atomic mass is 16.7. The Balaban J connectivity index is 1.23. The van der Waals surface area contributed by atoms with Crippen molar-refractivity contribution in [3.8, 4) is 11.1 Å². The third-order valence-electron chi connectivity index (χ3n) is 7.73. The molecule has 1 fully saturated rings. The maximum atomic E-state index is 13.5. The van der Waals surface area contributed by atoms with Gasteiger partial charge < -0.3 is 18.9 Å². The Bertz CT molecular complexity index is 1280. The molecule has 3 aromatic carbocycles. The van der Waals surface area contributed by atoms with E-state index < -0.39 is 6.29 Å². The van der Waals surface area contributed by atoms with Gasteiger partial charge in [-0.1, -0.05) is 78.9 Å². The molecule has 2 atom stereocenters. The van der Waals surface area contributed by atoms with Crippen molar-refractivity contribution in [2.24, 2.45) is 0 Å². The van der Waals surface area contributed by atoms with Crippen molar-refractivity contribution in [3.63, 3.8) is 0 Å². The van der Waals surface area contributed by atoms with Crippen molar-refractivity contribution >= 4 is 11.7 Å². The zero-order valence-corrected chi connectivity index (χ0v) is 21.1. The first-order valence-electron chi connectivity index (χ1n) is 12.8. The van der Waals surface area contributed by atoms with Gasteiger partial charge in [0.15, 0.2) is 6.29 Å². The summed E-state index contributed by atoms with van der Waals surface area (Å²) in [7, 11) is 3.28. The van der Waals surface area contributed by atoms with E-state index in [-0.39, 0.29) is 24.1 Å². The maximum absolute atomic E-state index is 13.5. The number of carbonyl (C=O) groups is 1. The zero-order chi connectivity index (χ0) is 25.4. The molecule has 0 radical (unpaired) electrons. The molecular weight excluding hydrogens is 466 g/mol. The molecule has 2 bridgehead atoms. The number of hydrogen-bond acceptors (Lipinski definition) is 5. The normalized spacial score (nSPS) is 20.4. The molecule has 2 aliphatic heterocycles. The number of rotatable bonds is 6. The molecule has 6 heteroatoms. The van der Waals surface area contributed by atoms with Crippen molar-refractivity contribution in [3.05, 3.63) is 101 Å². The van der Waals surface area contributed by atoms with Crippen LogP contribution in [0.1, 0.15) is 40.9 Å². The Morgan fingerprint density at radius 3 is 2.16 bits per heavy atom. The number of fused-ring (bicyclic) bond motifs is 5. The lowest BCUT2D eigenvalue weighted by atomic mass is 9.87. The maximum Gasteiger partial charge on any atom is 0.410 e. The standard InChI is InChI=1S/C31H31NO5/c1-34-30(35-2)28-14-8-3-9-23(28)20-15-21-17-36-18-22(16-20)32(21)31(33)37-19-29-26-12-6-4-10-24(26)25-11-5-7-13-27(25)29/h3-15,21-22,29-30H,16-19H2,1-2H3. The molecule has 6 rings (SSSR count). The second kappa shape index (κ2) is 10.1. The van der Waals surface area contributed by atoms with Crippen LogP contribution in [0.5, 0.6) is 0 Å². The molecule has 2 unspecified atom stereocenters. The second-order valence-corrected chi connectivity index (χ2v) is 9.76. The predicted octanol–water partition coefficient (Wildman–Crippen LogP) is 5.78. The first kappa shape index (κ1) is 23.9. The fourth-order valence-corrected chi connectivity index (χ4v) is 6.09. The molecule has 0 aromatic heterocycles. The fourth-order valence-electron chi connectivity index (χ4n) is 6.09. The van der Waals surface area contributed by atoms with Gasteiger partial charge in [0.05, 0.1) is 25.3 Å². The minimum absolute atomic E-state index is 0.0373. The van der Waals surface area contributed by atoms with Crippen LogP contribution in [0.25, 0.3) is 16.7 Å². The van der Waals surface area contributed by atoms with Crippen molar-refractivity contribution in [2.75, 3.05) is 34.0 Å². The van der Waals surface area contributed by atoms with Gasteiger partial charge in [-0.05, 0) is 39.8 Å². The van der Waals surface area contributed by atoms with E-state index in [0.29, 0.717) is 26.2 Å². The Labute approximate surface area is 217 Å². The van der Waals surface area contributed by atoms with E-state index >= 15 is 0 Å². The van der Waals surface area contributed by atoms with E-state index in [4.69, 9.17) is 18.9 Å². The Morgan fingerprint density at radius 1 is 0.892 bits per heavy atom. The molecule has 0 N–H and O–H groups in total. The quantitative estimate of drug-likeness (QED) is 0.404. The summed E-state index contributed by atoms with van der Waals surface area (Å²) in [6, 6.07) is 24.6. The summed E-state index contributed by atoms with van der Waals surface area (Å²) in [5, 5.41) is 0. The molecule has 0 saturated carbocycles. The van der Waals surface area contributed by atoms with Gasteiger partial charge in [0, 0.05) is 25.7 Å². The SMILES string of the molecule is COC(OC)c1ccccc1C1=CC2COCC(C1)N2C(=O)OCC1c2ccccc2-c2ccccc21. The van der Waals surface area contributed by atoms with Crippen molar-refractivity contribution in [2.45, 2.75) is 30.7 Å². The van der Waals surface area contributed by atoms with E-state index in [1.807, 2.05) is 35.2 Å². The van der Waals surface area contributed by atoms with Crippen LogP contribution in [-0.2, 0) is 18.9 Å². The topological polar surface area (TPSA) is 57.2 Å². The molecular formula is C31H31NO5. The third-order valence-corrected chi connectivity index (χ3v) is 7.73. The summed E-state index contributed by atoms with van der Waals surface area (Å²) in [6.45, 7) is 1.24. The number of methoxy groups -OCH3 is 2. The van der Waals surface area contributed by atoms with Crippen LogP contribution in [0.3, 0.4) is 0 Å². The monoisotopic (exact) mass is 497 g/mol. The smallest absolute Gasteiger partial charge is 0.410 e. The van der Waals surface area contributed by atoms with E-state index in [0.717, 1.165) is 11.1 Å². The number of nitrogens with zero attached hydrogens (tertiary/aromatic N) is 1. The second-order valence-electron chi connectivity index (χ2n) is 9.76. The molecule has 2 heterocycles. The first-order chi connectivity index (χ1) is 18.2. The molecule has 0 spiro atoms. The van der Waals surface area contributed by atoms with Gasteiger partial charge in [0.1, 0.15) is 6.61 Å². The Kier molecular flexibility index (Phi) is 6.55. The minimum Gasteiger partial charge on any atom is -0.448 e. The number of morpholine rings is 1. The molecule has 6 nitrogen and oxygen atoms in total. The highest BCUT2D eigenvalue weighted by molar-refractivity contribution is 5.79. The molecule has 1 aliphatic carbocycles. The van der Waals surface area contributed by atoms with Gasteiger partial charge in [-0.3, -0.25) is 4.90 Å². The van der Waals surface area contributed by atoms with E-state index in [9.17, 15) is 4.79 Å². The Hall–Kier alpha value is -3.45. The Morgan fingerprint density at radius 2 is 1.51 bits per heavy atom. The van der Waals surface area contributed by atoms with Crippen LogP contribution in [0.2, 0.25) is 0 Å². The van der Waals surface area contributed by atoms with Crippen molar-refractivity contribution in [1.82, 2.24) is 4.90 Å². The van der Waals surface area contributed by atoms with Crippen LogP contribution >= 0.6 is 0 Å². The van der Waals surface area contributed by atoms with Crippen LogP contribution in [0.4, 0.5) is 4.79 Å². The minimum atomic E-state index is -0.451. The van der Waals surface area contributed by atoms with Gasteiger partial charge in [-0.25, -0.2) is 4.79 Å². The average Bonchev–Trinajstić information content (AvgIpc) is 3.25. The highest BCUT2D eigenvalue weighted by Gasteiger charge is 2.40. The third kappa shape index (κ3) is 4.25. The van der Waals surface area contributed by atoms with Crippen LogP contribution < -0.4 is 0 Å². The number of ether oxygens (including phenoxy) is 4. The average molecular weight is 498 g/mol. The first-order valence-corrected chi connectivity index (χ1v) is 12.8. The fraction of sp³-hybridized carbons (Fsp3) is 0.323. The van der Waals surface area contributed by atoms with Crippen LogP contribution in [-0.4, -0.2) is 57.1 Å². The number of hydrogen-bond donors (Lipinski definition) is 0. The predicted molar refractivity (Wildman–Crippen MR) is 141 cm³/mol. The van der Waals surface area contributed by atoms with Gasteiger partial charge in [-0.15, -0.1) is 0 Å². The lowest BCUT2D eigenvalue weighted by molar-refractivity contribution is -0.106. The summed E-state index contributed by atoms with van der Waals surface area (Å²) in [5.74, 6) is 0.0373. The largest absolute Gasteiger partial charge is 0.448 e. The van der Waals surface area contributed by atoms with Gasteiger partial charge in [-0.2, -0.15) is 0 Å². The van der Waals surface area contributed by atoms with Gasteiger partial charge in [0.25, 0.3) is 0 Å². The molecule has 1 amide bonds. The highest BCUT2D eigenvalue weighted by Crippen LogP contribution is 2.45. The van der Waals surface area contributed by atoms with Crippen LogP contribution in [0.15, 0.2) is 78.9 Å². The van der Waals surface area contributed by atoms with Crippen LogP contribution in [0, 0.1) is 0 Å². The molecule has 1 saturated heterocycles. The summed E-state index contributed by atoms with van der Waals surface area (Å²) >= 11 is 0. The molecule has 190 valence electrons. The molecule has 3 aliphatic rings. The van der Waals surface area contributed by atoms with Crippen molar-refractivity contribution < 1.29 is 23.7 Å². The molecule has 3 aromatic rings. The van der Waals surface area contributed by atoms with Gasteiger partial charge in [0.2, 0.25) is 0 Å². The summed E-state index contributed by atoms with van der Waals surface area (Å²) in [5.41, 5.74) is 8.10.